The molecule has 2 atom stereocenters. The number of nitrogens with two attached hydrogens (primary N) is 1. The van der Waals surface area contributed by atoms with E-state index in [4.69, 9.17) is 5.73 Å². The van der Waals surface area contributed by atoms with Crippen LogP contribution >= 0.6 is 0 Å². The molecule has 2 fully saturated rings. The Balaban J connectivity index is 1.68. The van der Waals surface area contributed by atoms with Gasteiger partial charge in [-0.1, -0.05) is 30.3 Å². The van der Waals surface area contributed by atoms with Crippen LogP contribution in [0.5, 0.6) is 0 Å². The Labute approximate surface area is 149 Å². The number of benzene rings is 2. The van der Waals surface area contributed by atoms with Crippen LogP contribution in [0.4, 0.5) is 14.9 Å². The number of amides is 4. The van der Waals surface area contributed by atoms with E-state index in [-0.39, 0.29) is 23.2 Å². The second-order valence-electron chi connectivity index (χ2n) is 6.41. The molecule has 2 N–H and O–H groups in total. The Hall–Kier alpha value is -3.22. The van der Waals surface area contributed by atoms with Crippen LogP contribution in [0.3, 0.4) is 0 Å². The first kappa shape index (κ1) is 16.3. The molecule has 2 aromatic rings. The summed E-state index contributed by atoms with van der Waals surface area (Å²) in [6, 6.07) is 11.9. The lowest BCUT2D eigenvalue weighted by molar-refractivity contribution is -0.119. The van der Waals surface area contributed by atoms with E-state index < -0.39 is 23.8 Å². The van der Waals surface area contributed by atoms with Crippen LogP contribution in [-0.2, 0) is 4.79 Å². The van der Waals surface area contributed by atoms with Gasteiger partial charge in [-0.3, -0.25) is 9.59 Å². The monoisotopic (exact) mass is 353 g/mol. The highest BCUT2D eigenvalue weighted by Crippen LogP contribution is 2.42. The molecule has 132 valence electrons. The predicted molar refractivity (Wildman–Crippen MR) is 91.8 cm³/mol. The number of anilines is 1. The average Bonchev–Trinajstić information content (AvgIpc) is 3.16. The summed E-state index contributed by atoms with van der Waals surface area (Å²) in [5.41, 5.74) is 5.88. The van der Waals surface area contributed by atoms with Crippen molar-refractivity contribution in [1.82, 2.24) is 4.90 Å². The summed E-state index contributed by atoms with van der Waals surface area (Å²) in [5.74, 6) is -2.14. The number of hydrogen-bond donors (Lipinski definition) is 1. The maximum Gasteiger partial charge on any atom is 0.332 e. The largest absolute Gasteiger partial charge is 0.366 e. The van der Waals surface area contributed by atoms with Crippen molar-refractivity contribution in [2.45, 2.75) is 24.9 Å². The van der Waals surface area contributed by atoms with Crippen LogP contribution < -0.4 is 10.6 Å². The second-order valence-corrected chi connectivity index (χ2v) is 6.41. The molecule has 4 amide bonds. The minimum atomic E-state index is -0.905. The fourth-order valence-corrected chi connectivity index (χ4v) is 3.76. The maximum absolute atomic E-state index is 14.1. The first-order valence-corrected chi connectivity index (χ1v) is 8.29. The third kappa shape index (κ3) is 2.35. The normalized spacial score (nSPS) is 22.0. The van der Waals surface area contributed by atoms with Gasteiger partial charge < -0.3 is 10.6 Å². The number of hydrogen-bond acceptors (Lipinski definition) is 3. The molecule has 0 aromatic heterocycles. The molecule has 2 saturated heterocycles. The van der Waals surface area contributed by atoms with E-state index in [1.807, 2.05) is 30.3 Å². The van der Waals surface area contributed by atoms with Gasteiger partial charge in [-0.2, -0.15) is 0 Å². The molecule has 2 aromatic carbocycles. The van der Waals surface area contributed by atoms with Crippen molar-refractivity contribution in [3.63, 3.8) is 0 Å². The van der Waals surface area contributed by atoms with Crippen molar-refractivity contribution in [3.05, 3.63) is 65.5 Å². The van der Waals surface area contributed by atoms with Gasteiger partial charge in [0.05, 0.1) is 17.3 Å². The van der Waals surface area contributed by atoms with Crippen molar-refractivity contribution in [2.24, 2.45) is 5.73 Å². The molecule has 0 radical (unpaired) electrons. The second kappa shape index (κ2) is 5.94. The van der Waals surface area contributed by atoms with Gasteiger partial charge in [0.25, 0.3) is 11.8 Å². The van der Waals surface area contributed by atoms with Crippen molar-refractivity contribution in [3.8, 4) is 0 Å². The maximum atomic E-state index is 14.1. The molecule has 2 aliphatic rings. The Morgan fingerprint density at radius 3 is 2.38 bits per heavy atom. The number of imide groups is 1. The zero-order valence-electron chi connectivity index (χ0n) is 13.8. The molecule has 0 spiro atoms. The Morgan fingerprint density at radius 2 is 1.73 bits per heavy atom. The highest BCUT2D eigenvalue weighted by Gasteiger charge is 2.52. The molecule has 0 unspecified atom stereocenters. The van der Waals surface area contributed by atoms with Gasteiger partial charge >= 0.3 is 6.03 Å². The van der Waals surface area contributed by atoms with Crippen molar-refractivity contribution in [1.29, 1.82) is 0 Å². The van der Waals surface area contributed by atoms with Gasteiger partial charge in [0.15, 0.2) is 0 Å². The molecule has 0 bridgehead atoms. The zero-order valence-corrected chi connectivity index (χ0v) is 13.8. The number of carbonyl (C=O) groups is 3. The van der Waals surface area contributed by atoms with E-state index in [9.17, 15) is 18.8 Å². The lowest BCUT2D eigenvalue weighted by Gasteiger charge is -2.24. The van der Waals surface area contributed by atoms with E-state index in [1.165, 1.54) is 12.1 Å². The third-order valence-electron chi connectivity index (χ3n) is 4.96. The first-order chi connectivity index (χ1) is 12.5. The first-order valence-electron chi connectivity index (χ1n) is 8.29. The topological polar surface area (TPSA) is 83.7 Å². The standard InChI is InChI=1S/C19H16FN3O3/c20-14-10-12(6-7-13(14)17(21)24)22-18(25)16-9-8-15(23(16)19(22)26)11-4-2-1-3-5-11/h1-7,10,15-16H,8-9H2,(H2,21,24)/t15-,16-/m0/s1. The number of fused-ring (bicyclic) bond motifs is 1. The smallest absolute Gasteiger partial charge is 0.332 e. The fourth-order valence-electron chi connectivity index (χ4n) is 3.76. The summed E-state index contributed by atoms with van der Waals surface area (Å²) >= 11 is 0. The number of primary amides is 1. The zero-order chi connectivity index (χ0) is 18.4. The Kier molecular flexibility index (Phi) is 3.72. The Morgan fingerprint density at radius 1 is 1.04 bits per heavy atom. The summed E-state index contributed by atoms with van der Waals surface area (Å²) in [6.07, 6.45) is 1.26. The predicted octanol–water partition coefficient (Wildman–Crippen LogP) is 2.60. The minimum absolute atomic E-state index is 0.101. The number of rotatable bonds is 3. The van der Waals surface area contributed by atoms with E-state index in [0.29, 0.717) is 12.8 Å². The number of nitrogens with zero attached hydrogens (tertiary/aromatic N) is 2. The molecule has 6 nitrogen and oxygen atoms in total. The highest BCUT2D eigenvalue weighted by atomic mass is 19.1. The van der Waals surface area contributed by atoms with Gasteiger partial charge in [-0.25, -0.2) is 14.1 Å². The van der Waals surface area contributed by atoms with Crippen LogP contribution in [0.15, 0.2) is 48.5 Å². The van der Waals surface area contributed by atoms with E-state index in [1.54, 1.807) is 4.90 Å². The van der Waals surface area contributed by atoms with Crippen molar-refractivity contribution >= 4 is 23.5 Å². The van der Waals surface area contributed by atoms with E-state index in [0.717, 1.165) is 16.5 Å². The summed E-state index contributed by atoms with van der Waals surface area (Å²) < 4.78 is 14.1. The lowest BCUT2D eigenvalue weighted by atomic mass is 10.0. The van der Waals surface area contributed by atoms with Crippen molar-refractivity contribution < 1.29 is 18.8 Å². The lowest BCUT2D eigenvalue weighted by Crippen LogP contribution is -2.34. The molecule has 26 heavy (non-hydrogen) atoms. The van der Waals surface area contributed by atoms with Crippen LogP contribution in [0, 0.1) is 5.82 Å². The summed E-state index contributed by atoms with van der Waals surface area (Å²) in [5, 5.41) is 0. The molecule has 4 rings (SSSR count). The highest BCUT2D eigenvalue weighted by molar-refractivity contribution is 6.21. The third-order valence-corrected chi connectivity index (χ3v) is 4.96. The molecule has 2 aliphatic heterocycles. The van der Waals surface area contributed by atoms with Crippen LogP contribution in [0.1, 0.15) is 34.8 Å². The van der Waals surface area contributed by atoms with Crippen LogP contribution in [-0.4, -0.2) is 28.8 Å². The molecular weight excluding hydrogens is 337 g/mol. The molecule has 2 heterocycles. The Bertz CT molecular complexity index is 916. The van der Waals surface area contributed by atoms with Gasteiger partial charge in [0, 0.05) is 0 Å². The summed E-state index contributed by atoms with van der Waals surface area (Å²) in [7, 11) is 0. The molecule has 0 saturated carbocycles. The summed E-state index contributed by atoms with van der Waals surface area (Å²) in [4.78, 5) is 39.4. The van der Waals surface area contributed by atoms with Gasteiger partial charge in [-0.05, 0) is 36.6 Å². The van der Waals surface area contributed by atoms with Gasteiger partial charge in [0.2, 0.25) is 0 Å². The van der Waals surface area contributed by atoms with E-state index in [2.05, 4.69) is 0 Å². The number of halogens is 1. The quantitative estimate of drug-likeness (QED) is 0.861. The van der Waals surface area contributed by atoms with E-state index >= 15 is 0 Å². The minimum Gasteiger partial charge on any atom is -0.366 e. The average molecular weight is 353 g/mol. The summed E-state index contributed by atoms with van der Waals surface area (Å²) in [6.45, 7) is 0. The molecular formula is C19H16FN3O3. The van der Waals surface area contributed by atoms with Crippen LogP contribution in [0.2, 0.25) is 0 Å². The van der Waals surface area contributed by atoms with Gasteiger partial charge in [0.1, 0.15) is 11.9 Å². The molecule has 7 heteroatoms. The van der Waals surface area contributed by atoms with Gasteiger partial charge in [-0.15, -0.1) is 0 Å². The fraction of sp³-hybridized carbons (Fsp3) is 0.211. The number of carbonyl (C=O) groups excluding carboxylic acids is 3. The molecule has 0 aliphatic carbocycles. The SMILES string of the molecule is NC(=O)c1ccc(N2C(=O)[C@@H]3CC[C@@H](c4ccccc4)N3C2=O)cc1F. The van der Waals surface area contributed by atoms with Crippen molar-refractivity contribution in [2.75, 3.05) is 4.90 Å². The number of urea groups is 1. The van der Waals surface area contributed by atoms with Crippen LogP contribution in [0.25, 0.3) is 0 Å².